The van der Waals surface area contributed by atoms with Crippen LogP contribution < -0.4 is 19.1 Å². The Kier molecular flexibility index (Phi) is 8.09. The van der Waals surface area contributed by atoms with E-state index in [-0.39, 0.29) is 31.0 Å². The van der Waals surface area contributed by atoms with Gasteiger partial charge in [0.2, 0.25) is 28.6 Å². The van der Waals surface area contributed by atoms with E-state index in [0.717, 1.165) is 46.3 Å². The van der Waals surface area contributed by atoms with Gasteiger partial charge in [0.15, 0.2) is 11.5 Å². The maximum Gasteiger partial charge on any atom is 0.244 e. The zero-order valence-electron chi connectivity index (χ0n) is 20.3. The number of nitrogens with one attached hydrogen (secondary N) is 1. The Morgan fingerprint density at radius 3 is 2.53 bits per heavy atom. The number of ether oxygens (including phenoxy) is 2. The van der Waals surface area contributed by atoms with Crippen molar-refractivity contribution in [2.45, 2.75) is 51.2 Å². The topological polar surface area (TPSA) is 105 Å². The molecule has 1 atom stereocenters. The number of anilines is 1. The normalized spacial score (nSPS) is 16.0. The number of hydrogen-bond acceptors (Lipinski definition) is 6. The standard InChI is InChI=1S/C25H30BrN3O6S/c1-17(25(31)27-20-8-3-4-9-20)28(14-18-6-5-7-19(26)12-18)24(30)15-29(36(2,32)33)21-10-11-22-23(13-21)35-16-34-22/h5-7,10-13,17,20H,3-4,8-9,14-16H2,1-2H3,(H,27,31)/t17-/m0/s1. The monoisotopic (exact) mass is 579 g/mol. The molecule has 1 saturated carbocycles. The predicted molar refractivity (Wildman–Crippen MR) is 139 cm³/mol. The summed E-state index contributed by atoms with van der Waals surface area (Å²) in [6.07, 6.45) is 5.02. The molecule has 194 valence electrons. The van der Waals surface area contributed by atoms with E-state index in [1.165, 1.54) is 11.0 Å². The number of fused-ring (bicyclic) bond motifs is 1. The molecule has 2 aromatic rings. The first-order chi connectivity index (χ1) is 17.1. The van der Waals surface area contributed by atoms with E-state index in [4.69, 9.17) is 9.47 Å². The van der Waals surface area contributed by atoms with Crippen molar-refractivity contribution in [1.29, 1.82) is 0 Å². The van der Waals surface area contributed by atoms with Crippen LogP contribution in [0.25, 0.3) is 0 Å². The molecule has 2 aliphatic rings. The van der Waals surface area contributed by atoms with Crippen LogP contribution in [0.2, 0.25) is 0 Å². The molecule has 2 aromatic carbocycles. The fourth-order valence-corrected chi connectivity index (χ4v) is 5.75. The Morgan fingerprint density at radius 1 is 1.11 bits per heavy atom. The van der Waals surface area contributed by atoms with Gasteiger partial charge in [0.25, 0.3) is 0 Å². The van der Waals surface area contributed by atoms with Gasteiger partial charge in [0.05, 0.1) is 11.9 Å². The number of hydrogen-bond donors (Lipinski definition) is 1. The number of rotatable bonds is 9. The summed E-state index contributed by atoms with van der Waals surface area (Å²) in [5.74, 6) is 0.169. The number of carbonyl (C=O) groups excluding carboxylic acids is 2. The van der Waals surface area contributed by atoms with Crippen LogP contribution in [0.4, 0.5) is 5.69 Å². The molecule has 0 radical (unpaired) electrons. The lowest BCUT2D eigenvalue weighted by Crippen LogP contribution is -2.52. The minimum Gasteiger partial charge on any atom is -0.454 e. The lowest BCUT2D eigenvalue weighted by atomic mass is 10.1. The van der Waals surface area contributed by atoms with Gasteiger partial charge in [-0.15, -0.1) is 0 Å². The van der Waals surface area contributed by atoms with Crippen molar-refractivity contribution in [3.63, 3.8) is 0 Å². The van der Waals surface area contributed by atoms with Gasteiger partial charge in [-0.25, -0.2) is 8.42 Å². The highest BCUT2D eigenvalue weighted by Gasteiger charge is 2.32. The van der Waals surface area contributed by atoms with Gasteiger partial charge >= 0.3 is 0 Å². The van der Waals surface area contributed by atoms with Crippen molar-refractivity contribution in [3.05, 3.63) is 52.5 Å². The van der Waals surface area contributed by atoms with Crippen molar-refractivity contribution in [2.24, 2.45) is 0 Å². The van der Waals surface area contributed by atoms with Crippen molar-refractivity contribution < 1.29 is 27.5 Å². The first kappa shape index (κ1) is 26.3. The summed E-state index contributed by atoms with van der Waals surface area (Å²) in [6.45, 7) is 1.40. The Hall–Kier alpha value is -2.79. The molecule has 36 heavy (non-hydrogen) atoms. The van der Waals surface area contributed by atoms with Crippen molar-refractivity contribution in [3.8, 4) is 11.5 Å². The average Bonchev–Trinajstić information content (AvgIpc) is 3.51. The van der Waals surface area contributed by atoms with Crippen molar-refractivity contribution in [2.75, 3.05) is 23.9 Å². The second-order valence-corrected chi connectivity index (χ2v) is 11.9. The number of carbonyl (C=O) groups is 2. The largest absolute Gasteiger partial charge is 0.454 e. The third kappa shape index (κ3) is 6.31. The predicted octanol–water partition coefficient (Wildman–Crippen LogP) is 3.42. The first-order valence-electron chi connectivity index (χ1n) is 11.8. The van der Waals surface area contributed by atoms with E-state index in [1.807, 2.05) is 24.3 Å². The lowest BCUT2D eigenvalue weighted by Gasteiger charge is -2.32. The van der Waals surface area contributed by atoms with Gasteiger partial charge in [-0.05, 0) is 49.6 Å². The van der Waals surface area contributed by atoms with Crippen LogP contribution in [0, 0.1) is 0 Å². The van der Waals surface area contributed by atoms with Gasteiger partial charge < -0.3 is 19.7 Å². The summed E-state index contributed by atoms with van der Waals surface area (Å²) >= 11 is 3.44. The summed E-state index contributed by atoms with van der Waals surface area (Å²) in [5.41, 5.74) is 1.09. The molecule has 0 aromatic heterocycles. The molecule has 0 spiro atoms. The minimum atomic E-state index is -3.83. The van der Waals surface area contributed by atoms with Crippen molar-refractivity contribution >= 4 is 43.5 Å². The third-order valence-electron chi connectivity index (χ3n) is 6.43. The second-order valence-electron chi connectivity index (χ2n) is 9.12. The van der Waals surface area contributed by atoms with Crippen molar-refractivity contribution in [1.82, 2.24) is 10.2 Å². The van der Waals surface area contributed by atoms with Crippen LogP contribution >= 0.6 is 15.9 Å². The number of sulfonamides is 1. The molecular weight excluding hydrogens is 550 g/mol. The molecule has 1 aliphatic heterocycles. The SMILES string of the molecule is C[C@@H](C(=O)NC1CCCC1)N(Cc1cccc(Br)c1)C(=O)CN(c1ccc2c(c1)OCO2)S(C)(=O)=O. The summed E-state index contributed by atoms with van der Waals surface area (Å²) in [7, 11) is -3.83. The highest BCUT2D eigenvalue weighted by Crippen LogP contribution is 2.36. The lowest BCUT2D eigenvalue weighted by molar-refractivity contribution is -0.139. The summed E-state index contributed by atoms with van der Waals surface area (Å²) < 4.78 is 38.0. The zero-order valence-corrected chi connectivity index (χ0v) is 22.7. The molecular formula is C25H30BrN3O6S. The molecule has 11 heteroatoms. The summed E-state index contributed by atoms with van der Waals surface area (Å²) in [6, 6.07) is 11.5. The van der Waals surface area contributed by atoms with Crippen LogP contribution in [-0.4, -0.2) is 56.8 Å². The summed E-state index contributed by atoms with van der Waals surface area (Å²) in [5, 5.41) is 3.05. The fourth-order valence-electron chi connectivity index (χ4n) is 4.46. The first-order valence-corrected chi connectivity index (χ1v) is 14.5. The van der Waals surface area contributed by atoms with E-state index in [2.05, 4.69) is 21.2 Å². The van der Waals surface area contributed by atoms with Crippen LogP contribution in [0.15, 0.2) is 46.9 Å². The molecule has 0 saturated heterocycles. The van der Waals surface area contributed by atoms with E-state index in [9.17, 15) is 18.0 Å². The molecule has 9 nitrogen and oxygen atoms in total. The van der Waals surface area contributed by atoms with Gasteiger partial charge in [-0.3, -0.25) is 13.9 Å². The van der Waals surface area contributed by atoms with E-state index < -0.39 is 28.5 Å². The maximum absolute atomic E-state index is 13.7. The smallest absolute Gasteiger partial charge is 0.244 e. The number of halogens is 1. The number of nitrogens with zero attached hydrogens (tertiary/aromatic N) is 2. The molecule has 1 N–H and O–H groups in total. The van der Waals surface area contributed by atoms with Gasteiger partial charge in [-0.2, -0.15) is 0 Å². The van der Waals surface area contributed by atoms with Gasteiger partial charge in [-0.1, -0.05) is 40.9 Å². The quantitative estimate of drug-likeness (QED) is 0.488. The molecule has 2 amide bonds. The Bertz CT molecular complexity index is 1230. The Balaban J connectivity index is 1.59. The molecule has 0 bridgehead atoms. The highest BCUT2D eigenvalue weighted by molar-refractivity contribution is 9.10. The van der Waals surface area contributed by atoms with E-state index in [1.54, 1.807) is 19.1 Å². The Morgan fingerprint density at radius 2 is 1.83 bits per heavy atom. The van der Waals surface area contributed by atoms with E-state index in [0.29, 0.717) is 11.5 Å². The highest BCUT2D eigenvalue weighted by atomic mass is 79.9. The molecule has 1 aliphatic carbocycles. The van der Waals surface area contributed by atoms with Crippen LogP contribution in [0.3, 0.4) is 0 Å². The van der Waals surface area contributed by atoms with Gasteiger partial charge in [0.1, 0.15) is 12.6 Å². The van der Waals surface area contributed by atoms with Crippen LogP contribution in [-0.2, 0) is 26.2 Å². The summed E-state index contributed by atoms with van der Waals surface area (Å²) in [4.78, 5) is 28.2. The van der Waals surface area contributed by atoms with Crippen LogP contribution in [0.1, 0.15) is 38.2 Å². The average molecular weight is 581 g/mol. The fraction of sp³-hybridized carbons (Fsp3) is 0.440. The maximum atomic E-state index is 13.7. The zero-order chi connectivity index (χ0) is 25.9. The number of amides is 2. The molecule has 0 unspecified atom stereocenters. The molecule has 4 rings (SSSR count). The third-order valence-corrected chi connectivity index (χ3v) is 8.07. The molecule has 1 heterocycles. The second kappa shape index (κ2) is 11.1. The Labute approximate surface area is 219 Å². The minimum absolute atomic E-state index is 0.0463. The van der Waals surface area contributed by atoms with Gasteiger partial charge in [0, 0.05) is 23.1 Å². The molecule has 1 fully saturated rings. The van der Waals surface area contributed by atoms with Crippen LogP contribution in [0.5, 0.6) is 11.5 Å². The number of benzene rings is 2. The van der Waals surface area contributed by atoms with E-state index >= 15 is 0 Å².